The van der Waals surface area contributed by atoms with E-state index in [0.717, 1.165) is 16.8 Å². The van der Waals surface area contributed by atoms with Gasteiger partial charge >= 0.3 is 6.03 Å². The summed E-state index contributed by atoms with van der Waals surface area (Å²) in [7, 11) is 3.96. The molecule has 0 spiro atoms. The largest absolute Gasteiger partial charge is 0.354 e. The summed E-state index contributed by atoms with van der Waals surface area (Å²) in [5.41, 5.74) is 2.89. The van der Waals surface area contributed by atoms with E-state index in [1.54, 1.807) is 4.90 Å². The molecule has 0 radical (unpaired) electrons. The Morgan fingerprint density at radius 2 is 1.84 bits per heavy atom. The van der Waals surface area contributed by atoms with Crippen molar-refractivity contribution in [3.63, 3.8) is 0 Å². The van der Waals surface area contributed by atoms with E-state index in [-0.39, 0.29) is 23.9 Å². The predicted molar refractivity (Wildman–Crippen MR) is 125 cm³/mol. The lowest BCUT2D eigenvalue weighted by atomic mass is 9.95. The number of piperidine rings is 1. The van der Waals surface area contributed by atoms with Crippen molar-refractivity contribution in [3.05, 3.63) is 64.7 Å². The molecule has 2 N–H and O–H groups in total. The average molecular weight is 443 g/mol. The molecular formula is C24H31ClN4O2. The van der Waals surface area contributed by atoms with Crippen LogP contribution in [-0.2, 0) is 4.79 Å². The van der Waals surface area contributed by atoms with E-state index in [4.69, 9.17) is 11.6 Å². The lowest BCUT2D eigenvalue weighted by Gasteiger charge is -2.32. The molecule has 6 nitrogen and oxygen atoms in total. The number of nitrogens with zero attached hydrogens (tertiary/aromatic N) is 2. The minimum absolute atomic E-state index is 0.00199. The zero-order valence-corrected chi connectivity index (χ0v) is 19.2. The number of nitrogens with one attached hydrogen (secondary N) is 2. The van der Waals surface area contributed by atoms with Crippen LogP contribution in [0.25, 0.3) is 0 Å². The van der Waals surface area contributed by atoms with E-state index < -0.39 is 0 Å². The number of halogens is 1. The zero-order chi connectivity index (χ0) is 22.4. The van der Waals surface area contributed by atoms with Crippen molar-refractivity contribution in [1.29, 1.82) is 0 Å². The molecule has 0 unspecified atom stereocenters. The van der Waals surface area contributed by atoms with Crippen LogP contribution in [0, 0.1) is 12.8 Å². The smallest absolute Gasteiger partial charge is 0.321 e. The first kappa shape index (κ1) is 23.1. The Balaban J connectivity index is 1.49. The van der Waals surface area contributed by atoms with E-state index in [2.05, 4.69) is 15.5 Å². The SMILES string of the molecule is Cc1cccc(NC(=O)N2CCC(C(=O)NC[C@H](c3ccccc3Cl)N(C)C)CC2)c1. The van der Waals surface area contributed by atoms with Gasteiger partial charge in [-0.1, -0.05) is 41.9 Å². The summed E-state index contributed by atoms with van der Waals surface area (Å²) in [6.45, 7) is 3.62. The summed E-state index contributed by atoms with van der Waals surface area (Å²) in [4.78, 5) is 29.1. The average Bonchev–Trinajstić information content (AvgIpc) is 2.75. The lowest BCUT2D eigenvalue weighted by molar-refractivity contribution is -0.126. The molecule has 0 aliphatic carbocycles. The normalized spacial score (nSPS) is 15.6. The van der Waals surface area contributed by atoms with Crippen LogP contribution in [0.1, 0.15) is 30.0 Å². The maximum Gasteiger partial charge on any atom is 0.321 e. The minimum Gasteiger partial charge on any atom is -0.354 e. The highest BCUT2D eigenvalue weighted by Gasteiger charge is 2.28. The fraction of sp³-hybridized carbons (Fsp3) is 0.417. The van der Waals surface area contributed by atoms with Crippen molar-refractivity contribution in [2.75, 3.05) is 39.0 Å². The van der Waals surface area contributed by atoms with Crippen LogP contribution in [0.5, 0.6) is 0 Å². The second-order valence-corrected chi connectivity index (χ2v) is 8.71. The van der Waals surface area contributed by atoms with Crippen molar-refractivity contribution in [2.24, 2.45) is 5.92 Å². The quantitative estimate of drug-likeness (QED) is 0.700. The van der Waals surface area contributed by atoms with Crippen LogP contribution < -0.4 is 10.6 Å². The molecule has 166 valence electrons. The van der Waals surface area contributed by atoms with E-state index >= 15 is 0 Å². The molecule has 1 aliphatic rings. The monoisotopic (exact) mass is 442 g/mol. The molecule has 2 aromatic rings. The highest BCUT2D eigenvalue weighted by molar-refractivity contribution is 6.31. The molecule has 3 amide bonds. The first-order valence-corrected chi connectivity index (χ1v) is 11.0. The van der Waals surface area contributed by atoms with E-state index in [1.165, 1.54) is 0 Å². The second-order valence-electron chi connectivity index (χ2n) is 8.31. The van der Waals surface area contributed by atoms with Gasteiger partial charge in [-0.3, -0.25) is 4.79 Å². The van der Waals surface area contributed by atoms with Gasteiger partial charge in [0.05, 0.1) is 6.04 Å². The van der Waals surface area contributed by atoms with Crippen LogP contribution >= 0.6 is 11.6 Å². The minimum atomic E-state index is -0.115. The third-order valence-electron chi connectivity index (χ3n) is 5.78. The van der Waals surface area contributed by atoms with Gasteiger partial charge in [-0.2, -0.15) is 0 Å². The van der Waals surface area contributed by atoms with Crippen molar-refractivity contribution < 1.29 is 9.59 Å². The topological polar surface area (TPSA) is 64.7 Å². The number of likely N-dealkylation sites (tertiary alicyclic amines) is 1. The maximum absolute atomic E-state index is 12.8. The Bertz CT molecular complexity index is 910. The molecule has 1 saturated heterocycles. The van der Waals surface area contributed by atoms with E-state index in [0.29, 0.717) is 37.5 Å². The summed E-state index contributed by atoms with van der Waals surface area (Å²) < 4.78 is 0. The standard InChI is InChI=1S/C24H31ClN4O2/c1-17-7-6-8-19(15-17)27-24(31)29-13-11-18(12-14-29)23(30)26-16-22(28(2)3)20-9-4-5-10-21(20)25/h4-10,15,18,22H,11-14,16H2,1-3H3,(H,26,30)(H,27,31)/t22-/m1/s1. The number of hydrogen-bond donors (Lipinski definition) is 2. The molecule has 3 rings (SSSR count). The van der Waals surface area contributed by atoms with Crippen LogP contribution in [0.4, 0.5) is 10.5 Å². The van der Waals surface area contributed by atoms with Gasteiger partial charge in [-0.25, -0.2) is 4.79 Å². The number of rotatable bonds is 6. The van der Waals surface area contributed by atoms with Gasteiger partial charge in [0.15, 0.2) is 0 Å². The van der Waals surface area contributed by atoms with Gasteiger partial charge in [0, 0.05) is 36.3 Å². The number of urea groups is 1. The Kier molecular flexibility index (Phi) is 7.93. The van der Waals surface area contributed by atoms with Crippen molar-refractivity contribution in [3.8, 4) is 0 Å². The van der Waals surface area contributed by atoms with Gasteiger partial charge < -0.3 is 20.4 Å². The second kappa shape index (κ2) is 10.6. The highest BCUT2D eigenvalue weighted by Crippen LogP contribution is 2.26. The Labute approximate surface area is 189 Å². The number of amides is 3. The molecule has 1 heterocycles. The Morgan fingerprint density at radius 3 is 2.48 bits per heavy atom. The van der Waals surface area contributed by atoms with Crippen LogP contribution in [-0.4, -0.2) is 55.5 Å². The van der Waals surface area contributed by atoms with E-state index in [1.807, 2.05) is 69.6 Å². The molecule has 0 aromatic heterocycles. The summed E-state index contributed by atoms with van der Waals surface area (Å²) in [6, 6.07) is 15.3. The number of aryl methyl sites for hydroxylation is 1. The fourth-order valence-corrected chi connectivity index (χ4v) is 4.19. The number of benzene rings is 2. The first-order valence-electron chi connectivity index (χ1n) is 10.7. The summed E-state index contributed by atoms with van der Waals surface area (Å²) >= 11 is 6.36. The summed E-state index contributed by atoms with van der Waals surface area (Å²) in [6.07, 6.45) is 1.32. The Hall–Kier alpha value is -2.57. The molecule has 2 aromatic carbocycles. The number of carbonyl (C=O) groups excluding carboxylic acids is 2. The fourth-order valence-electron chi connectivity index (χ4n) is 3.93. The van der Waals surface area contributed by atoms with Gasteiger partial charge in [-0.15, -0.1) is 0 Å². The molecule has 1 atom stereocenters. The van der Waals surface area contributed by atoms with E-state index in [9.17, 15) is 9.59 Å². The molecule has 1 aliphatic heterocycles. The van der Waals surface area contributed by atoms with Crippen LogP contribution in [0.2, 0.25) is 5.02 Å². The van der Waals surface area contributed by atoms with Crippen molar-refractivity contribution in [2.45, 2.75) is 25.8 Å². The Morgan fingerprint density at radius 1 is 1.13 bits per heavy atom. The lowest BCUT2D eigenvalue weighted by Crippen LogP contribution is -2.45. The van der Waals surface area contributed by atoms with Gasteiger partial charge in [-0.05, 0) is 63.2 Å². The number of likely N-dealkylation sites (N-methyl/N-ethyl adjacent to an activating group) is 1. The van der Waals surface area contributed by atoms with Crippen molar-refractivity contribution >= 4 is 29.2 Å². The first-order chi connectivity index (χ1) is 14.8. The molecule has 0 bridgehead atoms. The molecule has 0 saturated carbocycles. The summed E-state index contributed by atoms with van der Waals surface area (Å²) in [5.74, 6) is -0.0466. The molecule has 1 fully saturated rings. The zero-order valence-electron chi connectivity index (χ0n) is 18.4. The summed E-state index contributed by atoms with van der Waals surface area (Å²) in [5, 5.41) is 6.73. The van der Waals surface area contributed by atoms with Crippen LogP contribution in [0.15, 0.2) is 48.5 Å². The molecular weight excluding hydrogens is 412 g/mol. The third kappa shape index (κ3) is 6.21. The van der Waals surface area contributed by atoms with Crippen LogP contribution in [0.3, 0.4) is 0 Å². The van der Waals surface area contributed by atoms with Gasteiger partial charge in [0.2, 0.25) is 5.91 Å². The molecule has 31 heavy (non-hydrogen) atoms. The predicted octanol–water partition coefficient (Wildman–Crippen LogP) is 4.31. The highest BCUT2D eigenvalue weighted by atomic mass is 35.5. The third-order valence-corrected chi connectivity index (χ3v) is 6.12. The van der Waals surface area contributed by atoms with Crippen molar-refractivity contribution in [1.82, 2.24) is 15.1 Å². The number of anilines is 1. The maximum atomic E-state index is 12.8. The van der Waals surface area contributed by atoms with Gasteiger partial charge in [0.1, 0.15) is 0 Å². The number of carbonyl (C=O) groups is 2. The number of hydrogen-bond acceptors (Lipinski definition) is 3. The van der Waals surface area contributed by atoms with Gasteiger partial charge in [0.25, 0.3) is 0 Å². The molecule has 7 heteroatoms.